The number of nitro groups is 1. The zero-order valence-electron chi connectivity index (χ0n) is 16.3. The molecule has 0 spiro atoms. The molecule has 1 unspecified atom stereocenters. The number of ether oxygens (including phenoxy) is 1. The van der Waals surface area contributed by atoms with Crippen LogP contribution in [0.15, 0.2) is 45.8 Å². The molecule has 2 rings (SSSR count). The summed E-state index contributed by atoms with van der Waals surface area (Å²) in [6.07, 6.45) is 0.850. The third-order valence-corrected chi connectivity index (χ3v) is 3.93. The van der Waals surface area contributed by atoms with Gasteiger partial charge < -0.3 is 19.8 Å². The number of hydrogen-bond acceptors (Lipinski definition) is 5. The Bertz CT molecular complexity index is 762. The van der Waals surface area contributed by atoms with Crippen LogP contribution in [0.3, 0.4) is 0 Å². The van der Waals surface area contributed by atoms with Crippen molar-refractivity contribution in [2.45, 2.75) is 32.9 Å². The summed E-state index contributed by atoms with van der Waals surface area (Å²) >= 11 is 0. The number of nitrogens with one attached hydrogen (secondary N) is 2. The highest BCUT2D eigenvalue weighted by atomic mass is 127. The molecule has 0 amide bonds. The quantitative estimate of drug-likeness (QED) is 0.135. The van der Waals surface area contributed by atoms with Crippen LogP contribution in [-0.4, -0.2) is 31.1 Å². The molecule has 0 saturated heterocycles. The molecule has 0 bridgehead atoms. The van der Waals surface area contributed by atoms with Gasteiger partial charge in [0.25, 0.3) is 5.69 Å². The Kier molecular flexibility index (Phi) is 10.5. The number of furan rings is 1. The topological polar surface area (TPSA) is 102 Å². The summed E-state index contributed by atoms with van der Waals surface area (Å²) in [7, 11) is 1.67. The number of halogens is 1. The van der Waals surface area contributed by atoms with Gasteiger partial charge in [-0.05, 0) is 38.0 Å². The Labute approximate surface area is 181 Å². The summed E-state index contributed by atoms with van der Waals surface area (Å²) < 4.78 is 10.7. The van der Waals surface area contributed by atoms with Crippen molar-refractivity contribution in [3.63, 3.8) is 0 Å². The first-order valence-corrected chi connectivity index (χ1v) is 8.83. The fraction of sp³-hybridized carbons (Fsp3) is 0.421. The van der Waals surface area contributed by atoms with Gasteiger partial charge in [-0.15, -0.1) is 24.0 Å². The highest BCUT2D eigenvalue weighted by Gasteiger charge is 2.11. The van der Waals surface area contributed by atoms with Crippen molar-refractivity contribution in [3.05, 3.63) is 63.6 Å². The molecular formula is C19H27IN4O4. The third-order valence-electron chi connectivity index (χ3n) is 3.93. The van der Waals surface area contributed by atoms with Crippen molar-refractivity contribution in [1.82, 2.24) is 10.6 Å². The molecule has 0 fully saturated rings. The van der Waals surface area contributed by atoms with E-state index in [1.165, 1.54) is 12.1 Å². The standard InChI is InChI=1S/C19H26N4O4.HI/c1-14-5-10-18(27-14)15(2)22-19(20-11-4-12-26-3)21-13-16-6-8-17(9-7-16)23(24)25;/h5-10,15H,4,11-13H2,1-3H3,(H2,20,21,22);1H. The van der Waals surface area contributed by atoms with Crippen LogP contribution in [0.25, 0.3) is 0 Å². The van der Waals surface area contributed by atoms with Crippen LogP contribution in [0, 0.1) is 17.0 Å². The van der Waals surface area contributed by atoms with Crippen molar-refractivity contribution in [3.8, 4) is 0 Å². The van der Waals surface area contributed by atoms with Gasteiger partial charge in [-0.25, -0.2) is 4.99 Å². The second kappa shape index (κ2) is 12.3. The van der Waals surface area contributed by atoms with Crippen molar-refractivity contribution >= 4 is 35.6 Å². The van der Waals surface area contributed by atoms with Crippen molar-refractivity contribution in [1.29, 1.82) is 0 Å². The minimum absolute atomic E-state index is 0. The Morgan fingerprint density at radius 2 is 2.00 bits per heavy atom. The molecule has 1 aromatic carbocycles. The summed E-state index contributed by atoms with van der Waals surface area (Å²) in [6.45, 7) is 5.68. The summed E-state index contributed by atoms with van der Waals surface area (Å²) in [4.78, 5) is 14.9. The van der Waals surface area contributed by atoms with Crippen LogP contribution in [0.5, 0.6) is 0 Å². The van der Waals surface area contributed by atoms with Gasteiger partial charge in [0.1, 0.15) is 11.5 Å². The molecule has 154 valence electrons. The highest BCUT2D eigenvalue weighted by molar-refractivity contribution is 14.0. The third kappa shape index (κ3) is 7.85. The van der Waals surface area contributed by atoms with Crippen LogP contribution in [0.1, 0.15) is 36.5 Å². The predicted molar refractivity (Wildman–Crippen MR) is 119 cm³/mol. The van der Waals surface area contributed by atoms with Gasteiger partial charge in [0.15, 0.2) is 5.96 Å². The molecule has 28 heavy (non-hydrogen) atoms. The largest absolute Gasteiger partial charge is 0.464 e. The number of nitrogens with zero attached hydrogens (tertiary/aromatic N) is 2. The summed E-state index contributed by atoms with van der Waals surface area (Å²) in [5.41, 5.74) is 0.959. The number of benzene rings is 1. The number of aliphatic imine (C=N–C) groups is 1. The van der Waals surface area contributed by atoms with Crippen molar-refractivity contribution < 1.29 is 14.1 Å². The lowest BCUT2D eigenvalue weighted by molar-refractivity contribution is -0.384. The molecule has 9 heteroatoms. The van der Waals surface area contributed by atoms with Gasteiger partial charge in [0.2, 0.25) is 0 Å². The predicted octanol–water partition coefficient (Wildman–Crippen LogP) is 3.95. The second-order valence-corrected chi connectivity index (χ2v) is 6.18. The molecular weight excluding hydrogens is 475 g/mol. The van der Waals surface area contributed by atoms with E-state index in [-0.39, 0.29) is 35.7 Å². The second-order valence-electron chi connectivity index (χ2n) is 6.18. The number of methoxy groups -OCH3 is 1. The number of aryl methyl sites for hydroxylation is 1. The van der Waals surface area contributed by atoms with Crippen LogP contribution >= 0.6 is 24.0 Å². The zero-order chi connectivity index (χ0) is 19.6. The number of non-ortho nitro benzene ring substituents is 1. The first-order valence-electron chi connectivity index (χ1n) is 8.83. The molecule has 8 nitrogen and oxygen atoms in total. The zero-order valence-corrected chi connectivity index (χ0v) is 18.6. The lowest BCUT2D eigenvalue weighted by Crippen LogP contribution is -2.39. The Morgan fingerprint density at radius 3 is 2.57 bits per heavy atom. The monoisotopic (exact) mass is 502 g/mol. The van der Waals surface area contributed by atoms with E-state index in [0.29, 0.717) is 25.7 Å². The van der Waals surface area contributed by atoms with E-state index in [9.17, 15) is 10.1 Å². The van der Waals surface area contributed by atoms with E-state index in [1.807, 2.05) is 26.0 Å². The van der Waals surface area contributed by atoms with Crippen molar-refractivity contribution in [2.75, 3.05) is 20.3 Å². The van der Waals surface area contributed by atoms with E-state index >= 15 is 0 Å². The normalized spacial score (nSPS) is 12.2. The maximum Gasteiger partial charge on any atom is 0.269 e. The molecule has 0 aliphatic rings. The number of guanidine groups is 1. The number of hydrogen-bond donors (Lipinski definition) is 2. The van der Waals surface area contributed by atoms with Crippen LogP contribution < -0.4 is 10.6 Å². The van der Waals surface area contributed by atoms with Gasteiger partial charge in [0.05, 0.1) is 17.5 Å². The van der Waals surface area contributed by atoms with Gasteiger partial charge in [-0.2, -0.15) is 0 Å². The van der Waals surface area contributed by atoms with E-state index in [1.54, 1.807) is 19.2 Å². The average molecular weight is 502 g/mol. The van der Waals surface area contributed by atoms with Gasteiger partial charge in [-0.3, -0.25) is 10.1 Å². The van der Waals surface area contributed by atoms with E-state index < -0.39 is 4.92 Å². The molecule has 0 saturated carbocycles. The minimum atomic E-state index is -0.412. The summed E-state index contributed by atoms with van der Waals surface area (Å²) in [5.74, 6) is 2.33. The number of nitro benzene ring substituents is 1. The van der Waals surface area contributed by atoms with Gasteiger partial charge in [0, 0.05) is 32.4 Å². The Morgan fingerprint density at radius 1 is 1.29 bits per heavy atom. The minimum Gasteiger partial charge on any atom is -0.464 e. The van der Waals surface area contributed by atoms with Crippen LogP contribution in [0.2, 0.25) is 0 Å². The molecule has 0 radical (unpaired) electrons. The first kappa shape index (κ1) is 23.9. The molecule has 1 heterocycles. The first-order chi connectivity index (χ1) is 13.0. The molecule has 2 aromatic rings. The maximum atomic E-state index is 10.7. The SMILES string of the molecule is COCCCNC(=NCc1ccc([N+](=O)[O-])cc1)NC(C)c1ccc(C)o1.I. The van der Waals surface area contributed by atoms with Crippen molar-refractivity contribution in [2.24, 2.45) is 4.99 Å². The van der Waals surface area contributed by atoms with E-state index in [0.717, 1.165) is 23.5 Å². The molecule has 0 aliphatic carbocycles. The molecule has 0 aliphatic heterocycles. The van der Waals surface area contributed by atoms with Gasteiger partial charge in [-0.1, -0.05) is 12.1 Å². The Balaban J connectivity index is 0.00000392. The lowest BCUT2D eigenvalue weighted by Gasteiger charge is -2.17. The Hall–Kier alpha value is -2.14. The molecule has 1 atom stereocenters. The number of rotatable bonds is 9. The van der Waals surface area contributed by atoms with Crippen LogP contribution in [0.4, 0.5) is 5.69 Å². The van der Waals surface area contributed by atoms with E-state index in [2.05, 4.69) is 15.6 Å². The molecule has 1 aromatic heterocycles. The lowest BCUT2D eigenvalue weighted by atomic mass is 10.2. The smallest absolute Gasteiger partial charge is 0.269 e. The fourth-order valence-electron chi connectivity index (χ4n) is 2.43. The average Bonchev–Trinajstić information content (AvgIpc) is 3.09. The maximum absolute atomic E-state index is 10.7. The summed E-state index contributed by atoms with van der Waals surface area (Å²) in [5, 5.41) is 17.3. The van der Waals surface area contributed by atoms with Gasteiger partial charge >= 0.3 is 0 Å². The summed E-state index contributed by atoms with van der Waals surface area (Å²) in [6, 6.07) is 10.2. The fourth-order valence-corrected chi connectivity index (χ4v) is 2.43. The highest BCUT2D eigenvalue weighted by Crippen LogP contribution is 2.16. The molecule has 2 N–H and O–H groups in total. The van der Waals surface area contributed by atoms with Crippen LogP contribution in [-0.2, 0) is 11.3 Å². The van der Waals surface area contributed by atoms with E-state index in [4.69, 9.17) is 9.15 Å².